The van der Waals surface area contributed by atoms with Crippen LogP contribution in [-0.2, 0) is 5.41 Å². The van der Waals surface area contributed by atoms with Gasteiger partial charge in [-0.3, -0.25) is 0 Å². The highest BCUT2D eigenvalue weighted by atomic mass is 32.1. The molecule has 0 N–H and O–H groups in total. The number of nitriles is 2. The van der Waals surface area contributed by atoms with Crippen LogP contribution in [0.2, 0.25) is 0 Å². The molecule has 0 spiro atoms. The fourth-order valence-corrected chi connectivity index (χ4v) is 5.30. The van der Waals surface area contributed by atoms with E-state index in [9.17, 15) is 10.5 Å². The summed E-state index contributed by atoms with van der Waals surface area (Å²) in [6.07, 6.45) is 2.04. The van der Waals surface area contributed by atoms with Crippen LogP contribution in [0, 0.1) is 36.2 Å². The molecule has 3 rings (SSSR count). The minimum Gasteiger partial charge on any atom is -0.238 e. The molecule has 0 bridgehead atoms. The van der Waals surface area contributed by atoms with Crippen molar-refractivity contribution in [3.05, 3.63) is 66.4 Å². The highest BCUT2D eigenvalue weighted by Gasteiger charge is 2.21. The monoisotopic (exact) mass is 414 g/mol. The van der Waals surface area contributed by atoms with Gasteiger partial charge in [0.1, 0.15) is 16.8 Å². The molecular formula is C23H18N4S2. The Kier molecular flexibility index (Phi) is 5.66. The van der Waals surface area contributed by atoms with E-state index in [1.807, 2.05) is 55.5 Å². The molecule has 6 heteroatoms. The smallest absolute Gasteiger partial charge is 0.208 e. The Labute approximate surface area is 178 Å². The van der Waals surface area contributed by atoms with Crippen LogP contribution in [0.5, 0.6) is 0 Å². The Hall–Kier alpha value is -3.24. The molecule has 0 saturated heterocycles. The second kappa shape index (κ2) is 8.02. The van der Waals surface area contributed by atoms with E-state index >= 15 is 0 Å². The van der Waals surface area contributed by atoms with Crippen LogP contribution in [0.15, 0.2) is 30.3 Å². The number of rotatable bonds is 2. The number of nitrogens with zero attached hydrogens (tertiary/aromatic N) is 4. The van der Waals surface area contributed by atoms with Crippen molar-refractivity contribution in [3.63, 3.8) is 0 Å². The molecule has 0 atom stereocenters. The molecule has 3 aromatic rings. The zero-order valence-electron chi connectivity index (χ0n) is 16.6. The lowest BCUT2D eigenvalue weighted by Crippen LogP contribution is -2.21. The van der Waals surface area contributed by atoms with Gasteiger partial charge in [-0.2, -0.15) is 21.9 Å². The van der Waals surface area contributed by atoms with Gasteiger partial charge >= 0.3 is 0 Å². The number of hydrogen-bond donors (Lipinski definition) is 0. The maximum Gasteiger partial charge on any atom is 0.208 e. The predicted octanol–water partition coefficient (Wildman–Crippen LogP) is 5.05. The first-order valence-corrected chi connectivity index (χ1v) is 10.5. The van der Waals surface area contributed by atoms with Crippen LogP contribution in [0.25, 0.3) is 27.6 Å². The Morgan fingerprint density at radius 3 is 2.34 bits per heavy atom. The quantitative estimate of drug-likeness (QED) is 0.551. The van der Waals surface area contributed by atoms with Crippen molar-refractivity contribution in [2.45, 2.75) is 33.1 Å². The molecule has 0 radical (unpaired) electrons. The Morgan fingerprint density at radius 1 is 1.14 bits per heavy atom. The third-order valence-corrected chi connectivity index (χ3v) is 6.38. The fraction of sp³-hybridized carbons (Fsp3) is 0.217. The molecule has 4 nitrogen and oxygen atoms in total. The summed E-state index contributed by atoms with van der Waals surface area (Å²) < 4.78 is 1.34. The summed E-state index contributed by atoms with van der Waals surface area (Å²) in [5, 5.41) is 18.5. The molecule has 142 valence electrons. The molecule has 0 amide bonds. The van der Waals surface area contributed by atoms with Gasteiger partial charge in [-0.1, -0.05) is 51.1 Å². The first kappa shape index (κ1) is 20.5. The summed E-state index contributed by atoms with van der Waals surface area (Å²) >= 11 is 2.92. The average Bonchev–Trinajstić information content (AvgIpc) is 3.24. The minimum absolute atomic E-state index is 0.0210. The van der Waals surface area contributed by atoms with E-state index in [2.05, 4.69) is 30.6 Å². The van der Waals surface area contributed by atoms with Crippen molar-refractivity contribution in [3.8, 4) is 23.3 Å². The highest BCUT2D eigenvalue weighted by Crippen LogP contribution is 2.42. The molecule has 2 aromatic heterocycles. The van der Waals surface area contributed by atoms with E-state index in [-0.39, 0.29) is 11.0 Å². The van der Waals surface area contributed by atoms with Gasteiger partial charge in [0.15, 0.2) is 5.57 Å². The zero-order valence-corrected chi connectivity index (χ0v) is 18.2. The number of thiazole rings is 1. The number of aromatic nitrogens is 1. The topological polar surface area (TPSA) is 64.8 Å². The SMILES string of the molecule is [C-]#[N+]c1c(C)sc(/C=c2\sc(=C(C#N)C#N)nc2C(C)(C)C)c1-c1ccccc1. The highest BCUT2D eigenvalue weighted by molar-refractivity contribution is 7.14. The van der Waals surface area contributed by atoms with Gasteiger partial charge in [0.2, 0.25) is 5.69 Å². The second-order valence-electron chi connectivity index (χ2n) is 7.45. The third kappa shape index (κ3) is 3.98. The van der Waals surface area contributed by atoms with E-state index in [1.54, 1.807) is 11.3 Å². The molecule has 29 heavy (non-hydrogen) atoms. The lowest BCUT2D eigenvalue weighted by atomic mass is 9.92. The normalized spacial score (nSPS) is 11.6. The molecule has 0 saturated carbocycles. The van der Waals surface area contributed by atoms with Gasteiger partial charge in [-0.05, 0) is 18.6 Å². The maximum absolute atomic E-state index is 9.25. The summed E-state index contributed by atoms with van der Waals surface area (Å²) in [4.78, 5) is 10.3. The third-order valence-electron chi connectivity index (χ3n) is 4.32. The predicted molar refractivity (Wildman–Crippen MR) is 119 cm³/mol. The standard InChI is InChI=1S/C23H18N4S2/c1-14-20(26-5)19(15-9-7-6-8-10-15)17(28-14)11-18-21(23(2,3)4)27-22(29-18)16(12-24)13-25/h6-11H,1-4H3/b18-11-. The van der Waals surface area contributed by atoms with Crippen LogP contribution in [-0.4, -0.2) is 4.98 Å². The molecule has 1 aromatic carbocycles. The number of thiophene rings is 1. The number of hydrogen-bond acceptors (Lipinski definition) is 5. The van der Waals surface area contributed by atoms with E-state index in [1.165, 1.54) is 11.3 Å². The Morgan fingerprint density at radius 2 is 1.79 bits per heavy atom. The van der Waals surface area contributed by atoms with Crippen molar-refractivity contribution >= 4 is 40.0 Å². The first-order chi connectivity index (χ1) is 13.8. The van der Waals surface area contributed by atoms with Crippen LogP contribution >= 0.6 is 22.7 Å². The lowest BCUT2D eigenvalue weighted by Gasteiger charge is -2.15. The summed E-state index contributed by atoms with van der Waals surface area (Å²) in [6.45, 7) is 15.8. The maximum atomic E-state index is 9.25. The molecule has 2 heterocycles. The summed E-state index contributed by atoms with van der Waals surface area (Å²) in [7, 11) is 0. The van der Waals surface area contributed by atoms with Crippen LogP contribution < -0.4 is 9.20 Å². The van der Waals surface area contributed by atoms with Gasteiger partial charge in [0.25, 0.3) is 0 Å². The van der Waals surface area contributed by atoms with Gasteiger partial charge < -0.3 is 0 Å². The van der Waals surface area contributed by atoms with Crippen molar-refractivity contribution in [1.29, 1.82) is 10.5 Å². The van der Waals surface area contributed by atoms with Crippen molar-refractivity contribution in [2.24, 2.45) is 0 Å². The van der Waals surface area contributed by atoms with Crippen LogP contribution in [0.1, 0.15) is 36.2 Å². The zero-order chi connectivity index (χ0) is 21.2. The lowest BCUT2D eigenvalue weighted by molar-refractivity contribution is 0.568. The van der Waals surface area contributed by atoms with Gasteiger partial charge in [0, 0.05) is 20.7 Å². The van der Waals surface area contributed by atoms with E-state index in [0.29, 0.717) is 10.4 Å². The second-order valence-corrected chi connectivity index (χ2v) is 9.74. The minimum atomic E-state index is -0.252. The fourth-order valence-electron chi connectivity index (χ4n) is 2.99. The van der Waals surface area contributed by atoms with Gasteiger partial charge in [-0.15, -0.1) is 11.3 Å². The van der Waals surface area contributed by atoms with Gasteiger partial charge in [-0.25, -0.2) is 9.83 Å². The molecule has 0 aliphatic carbocycles. The summed E-state index contributed by atoms with van der Waals surface area (Å²) in [5.41, 5.74) is 3.19. The van der Waals surface area contributed by atoms with E-state index in [4.69, 9.17) is 6.57 Å². The van der Waals surface area contributed by atoms with Gasteiger partial charge in [0.05, 0.1) is 16.8 Å². The first-order valence-electron chi connectivity index (χ1n) is 8.90. The number of aryl methyl sites for hydroxylation is 1. The molecular weight excluding hydrogens is 396 g/mol. The molecule has 0 fully saturated rings. The van der Waals surface area contributed by atoms with Crippen molar-refractivity contribution in [2.75, 3.05) is 0 Å². The van der Waals surface area contributed by atoms with Crippen molar-refractivity contribution < 1.29 is 0 Å². The number of benzene rings is 1. The van der Waals surface area contributed by atoms with Crippen LogP contribution in [0.3, 0.4) is 0 Å². The molecule has 0 unspecified atom stereocenters. The van der Waals surface area contributed by atoms with Crippen molar-refractivity contribution in [1.82, 2.24) is 4.98 Å². The average molecular weight is 415 g/mol. The Bertz CT molecular complexity index is 1300. The molecule has 0 aliphatic rings. The van der Waals surface area contributed by atoms with E-state index < -0.39 is 0 Å². The largest absolute Gasteiger partial charge is 0.238 e. The summed E-state index contributed by atoms with van der Waals surface area (Å²) in [6, 6.07) is 13.8. The molecule has 0 aliphatic heterocycles. The van der Waals surface area contributed by atoms with E-state index in [0.717, 1.165) is 31.1 Å². The summed E-state index contributed by atoms with van der Waals surface area (Å²) in [5.74, 6) is 0. The van der Waals surface area contributed by atoms with Crippen LogP contribution in [0.4, 0.5) is 5.69 Å². The Balaban J connectivity index is 2.39.